The first-order valence-corrected chi connectivity index (χ1v) is 13.3. The van der Waals surface area contributed by atoms with Gasteiger partial charge in [-0.15, -0.1) is 0 Å². The van der Waals surface area contributed by atoms with Gasteiger partial charge in [-0.25, -0.2) is 13.1 Å². The number of anilines is 1. The van der Waals surface area contributed by atoms with Crippen LogP contribution < -0.4 is 4.90 Å². The Morgan fingerprint density at radius 2 is 1.57 bits per heavy atom. The first-order valence-electron chi connectivity index (χ1n) is 10.6. The maximum atomic E-state index is 14.3. The summed E-state index contributed by atoms with van der Waals surface area (Å²) < 4.78 is 67.7. The van der Waals surface area contributed by atoms with Gasteiger partial charge in [-0.05, 0) is 60.2 Å². The molecule has 0 saturated heterocycles. The molecule has 4 aromatic rings. The summed E-state index contributed by atoms with van der Waals surface area (Å²) >= 11 is 11.8. The highest BCUT2D eigenvalue weighted by Crippen LogP contribution is 2.35. The number of nitrogens with zero attached hydrogens (tertiary/aromatic N) is 3. The van der Waals surface area contributed by atoms with Gasteiger partial charge < -0.3 is 4.90 Å². The molecular weight excluding hydrogens is 550 g/mol. The second kappa shape index (κ2) is 10.2. The average Bonchev–Trinajstić information content (AvgIpc) is 3.29. The van der Waals surface area contributed by atoms with Crippen molar-refractivity contribution in [2.24, 2.45) is 0 Å². The number of benzene rings is 3. The molecule has 1 heterocycles. The van der Waals surface area contributed by atoms with Crippen LogP contribution in [0.25, 0.3) is 5.69 Å². The Bertz CT molecular complexity index is 1550. The largest absolute Gasteiger partial charge is 0.434 e. The molecule has 0 aliphatic heterocycles. The lowest BCUT2D eigenvalue weighted by Gasteiger charge is -2.24. The summed E-state index contributed by atoms with van der Waals surface area (Å²) in [7, 11) is -3.66. The van der Waals surface area contributed by atoms with Gasteiger partial charge in [0.25, 0.3) is 5.91 Å². The first kappa shape index (κ1) is 26.7. The number of carbonyl (C=O) groups is 1. The smallest absolute Gasteiger partial charge is 0.304 e. The number of hydrogen-bond donors (Lipinski definition) is 0. The molecule has 0 aliphatic carbocycles. The number of hydrogen-bond acceptors (Lipinski definition) is 4. The molecule has 0 saturated carbocycles. The van der Waals surface area contributed by atoms with E-state index in [1.807, 2.05) is 0 Å². The van der Waals surface area contributed by atoms with Crippen molar-refractivity contribution in [1.82, 2.24) is 9.78 Å². The van der Waals surface area contributed by atoms with Crippen molar-refractivity contribution >= 4 is 44.6 Å². The lowest BCUT2D eigenvalue weighted by atomic mass is 10.1. The second-order valence-corrected chi connectivity index (χ2v) is 11.0. The number of halogens is 5. The molecule has 0 unspecified atom stereocenters. The van der Waals surface area contributed by atoms with Gasteiger partial charge in [-0.2, -0.15) is 18.3 Å². The SMILES string of the molecule is CS(=O)(=O)c1cccc(N(Cc2ccc(Cl)cc2)C(=O)c2cnn(-c3ccc(Cl)cc3)c2C(F)(F)F)c1. The minimum atomic E-state index is -4.94. The maximum Gasteiger partial charge on any atom is 0.434 e. The number of aromatic nitrogens is 2. The summed E-state index contributed by atoms with van der Waals surface area (Å²) in [6.45, 7) is -0.160. The molecule has 4 rings (SSSR count). The van der Waals surface area contributed by atoms with Crippen molar-refractivity contribution in [1.29, 1.82) is 0 Å². The van der Waals surface area contributed by atoms with Gasteiger partial charge in [0.05, 0.1) is 28.9 Å². The fourth-order valence-electron chi connectivity index (χ4n) is 3.64. The summed E-state index contributed by atoms with van der Waals surface area (Å²) in [4.78, 5) is 14.7. The Labute approximate surface area is 220 Å². The number of carbonyl (C=O) groups excluding carboxylic acids is 1. The number of sulfone groups is 1. The predicted molar refractivity (Wildman–Crippen MR) is 135 cm³/mol. The Balaban J connectivity index is 1.86. The van der Waals surface area contributed by atoms with Crippen LogP contribution in [-0.2, 0) is 22.6 Å². The van der Waals surface area contributed by atoms with Crippen LogP contribution in [-0.4, -0.2) is 30.4 Å². The molecule has 0 aliphatic rings. The topological polar surface area (TPSA) is 72.3 Å². The molecular formula is C25H18Cl2F3N3O3S. The summed E-state index contributed by atoms with van der Waals surface area (Å²) in [6.07, 6.45) is -3.11. The predicted octanol–water partition coefficient (Wildman–Crippen LogP) is 6.45. The molecule has 3 aromatic carbocycles. The lowest BCUT2D eigenvalue weighted by molar-refractivity contribution is -0.143. The van der Waals surface area contributed by atoms with E-state index >= 15 is 0 Å². The van der Waals surface area contributed by atoms with E-state index in [-0.39, 0.29) is 22.8 Å². The van der Waals surface area contributed by atoms with Crippen molar-refractivity contribution < 1.29 is 26.4 Å². The summed E-state index contributed by atoms with van der Waals surface area (Å²) in [5, 5.41) is 4.60. The van der Waals surface area contributed by atoms with Crippen LogP contribution in [0.3, 0.4) is 0 Å². The first-order chi connectivity index (χ1) is 17.3. The number of alkyl halides is 3. The van der Waals surface area contributed by atoms with Gasteiger partial charge in [0.15, 0.2) is 15.5 Å². The maximum absolute atomic E-state index is 14.3. The standard InChI is InChI=1S/C25H18Cl2F3N3O3S/c1-37(35,36)21-4-2-3-20(13-21)32(15-16-5-7-17(26)8-6-16)24(34)22-14-31-33(23(22)25(28,29)30)19-11-9-18(27)10-12-19/h2-14H,15H2,1H3. The van der Waals surface area contributed by atoms with Crippen LogP contribution in [0.15, 0.2) is 83.9 Å². The van der Waals surface area contributed by atoms with Gasteiger partial charge in [-0.3, -0.25) is 4.79 Å². The zero-order valence-corrected chi connectivity index (χ0v) is 21.4. The lowest BCUT2D eigenvalue weighted by Crippen LogP contribution is -2.32. The Morgan fingerprint density at radius 1 is 0.973 bits per heavy atom. The van der Waals surface area contributed by atoms with E-state index in [2.05, 4.69) is 5.10 Å². The van der Waals surface area contributed by atoms with Gasteiger partial charge >= 0.3 is 6.18 Å². The minimum absolute atomic E-state index is 0.0547. The molecule has 0 spiro atoms. The number of amides is 1. The highest BCUT2D eigenvalue weighted by molar-refractivity contribution is 7.90. The zero-order valence-electron chi connectivity index (χ0n) is 19.1. The monoisotopic (exact) mass is 567 g/mol. The van der Waals surface area contributed by atoms with Gasteiger partial charge in [0.2, 0.25) is 0 Å². The normalized spacial score (nSPS) is 11.9. The molecule has 0 fully saturated rings. The molecule has 12 heteroatoms. The van der Waals surface area contributed by atoms with Crippen molar-refractivity contribution in [2.45, 2.75) is 17.6 Å². The molecule has 192 valence electrons. The summed E-state index contributed by atoms with van der Waals surface area (Å²) in [5.41, 5.74) is -1.28. The average molecular weight is 568 g/mol. The van der Waals surface area contributed by atoms with Crippen LogP contribution in [0.1, 0.15) is 21.6 Å². The van der Waals surface area contributed by atoms with E-state index in [0.717, 1.165) is 17.4 Å². The third-order valence-electron chi connectivity index (χ3n) is 5.40. The molecule has 0 N–H and O–H groups in total. The van der Waals surface area contributed by atoms with E-state index < -0.39 is 33.2 Å². The third kappa shape index (κ3) is 5.98. The van der Waals surface area contributed by atoms with E-state index in [1.54, 1.807) is 24.3 Å². The molecule has 0 atom stereocenters. The van der Waals surface area contributed by atoms with Crippen LogP contribution in [0.2, 0.25) is 10.0 Å². The summed E-state index contributed by atoms with van der Waals surface area (Å²) in [5.74, 6) is -1.02. The Morgan fingerprint density at radius 3 is 2.14 bits per heavy atom. The second-order valence-electron chi connectivity index (χ2n) is 8.08. The highest BCUT2D eigenvalue weighted by atomic mass is 35.5. The van der Waals surface area contributed by atoms with Crippen LogP contribution >= 0.6 is 23.2 Å². The Hall–Kier alpha value is -3.34. The van der Waals surface area contributed by atoms with Crippen molar-refractivity contribution in [2.75, 3.05) is 11.2 Å². The van der Waals surface area contributed by atoms with Crippen LogP contribution in [0.5, 0.6) is 0 Å². The highest BCUT2D eigenvalue weighted by Gasteiger charge is 2.41. The van der Waals surface area contributed by atoms with E-state index in [1.165, 1.54) is 48.5 Å². The van der Waals surface area contributed by atoms with Crippen molar-refractivity contribution in [3.63, 3.8) is 0 Å². The van der Waals surface area contributed by atoms with Crippen LogP contribution in [0.4, 0.5) is 18.9 Å². The third-order valence-corrected chi connectivity index (χ3v) is 7.01. The fraction of sp³-hybridized carbons (Fsp3) is 0.120. The quantitative estimate of drug-likeness (QED) is 0.268. The zero-order chi connectivity index (χ0) is 27.0. The molecule has 0 bridgehead atoms. The summed E-state index contributed by atoms with van der Waals surface area (Å²) in [6, 6.07) is 17.3. The number of rotatable bonds is 6. The molecule has 1 amide bonds. The molecule has 37 heavy (non-hydrogen) atoms. The van der Waals surface area contributed by atoms with Crippen molar-refractivity contribution in [3.8, 4) is 5.69 Å². The molecule has 0 radical (unpaired) electrons. The van der Waals surface area contributed by atoms with E-state index in [0.29, 0.717) is 20.3 Å². The molecule has 1 aromatic heterocycles. The minimum Gasteiger partial charge on any atom is -0.304 e. The van der Waals surface area contributed by atoms with Gasteiger partial charge in [0.1, 0.15) is 0 Å². The van der Waals surface area contributed by atoms with Crippen LogP contribution in [0, 0.1) is 0 Å². The fourth-order valence-corrected chi connectivity index (χ4v) is 4.55. The molecule has 6 nitrogen and oxygen atoms in total. The Kier molecular flexibility index (Phi) is 7.36. The van der Waals surface area contributed by atoms with Gasteiger partial charge in [-0.1, -0.05) is 41.4 Å². The van der Waals surface area contributed by atoms with E-state index in [9.17, 15) is 26.4 Å². The van der Waals surface area contributed by atoms with Crippen molar-refractivity contribution in [3.05, 3.63) is 106 Å². The van der Waals surface area contributed by atoms with Gasteiger partial charge in [0, 0.05) is 22.0 Å². The van der Waals surface area contributed by atoms with E-state index in [4.69, 9.17) is 23.2 Å².